The van der Waals surface area contributed by atoms with E-state index in [9.17, 15) is 17.6 Å². The van der Waals surface area contributed by atoms with Crippen LogP contribution in [0.2, 0.25) is 0 Å². The lowest BCUT2D eigenvalue weighted by Gasteiger charge is -2.07. The van der Waals surface area contributed by atoms with Crippen LogP contribution in [0.4, 0.5) is 17.6 Å². The molecule has 0 heterocycles. The summed E-state index contributed by atoms with van der Waals surface area (Å²) < 4.78 is 57.4. The molecular weight excluding hydrogens is 612 g/mol. The van der Waals surface area contributed by atoms with E-state index in [1.165, 1.54) is 88.2 Å². The Labute approximate surface area is 285 Å². The standard InChI is InChI=1S/C22H28F2O.C20H24F2O/c1-2-3-4-5-6-7-8-9-18-10-12-19(13-11-18)20-14-16-21(17-15-20)25-22(23)24;1-2-3-4-5-6-7-16-8-10-17(11-9-16)18-12-14-19(15-13-18)23-20(21)22/h10-17,22H,2-9H2,1H3;8-15,20H,2-7H2,1H3. The van der Waals surface area contributed by atoms with Gasteiger partial charge in [-0.3, -0.25) is 0 Å². The van der Waals surface area contributed by atoms with E-state index in [2.05, 4.69) is 71.9 Å². The third-order valence-electron chi connectivity index (χ3n) is 8.37. The van der Waals surface area contributed by atoms with Crippen LogP contribution in [0, 0.1) is 0 Å². The van der Waals surface area contributed by atoms with Gasteiger partial charge in [-0.1, -0.05) is 151 Å². The average molecular weight is 665 g/mol. The van der Waals surface area contributed by atoms with Gasteiger partial charge in [0.25, 0.3) is 0 Å². The predicted molar refractivity (Wildman–Crippen MR) is 191 cm³/mol. The Morgan fingerprint density at radius 2 is 0.646 bits per heavy atom. The number of halogens is 4. The lowest BCUT2D eigenvalue weighted by molar-refractivity contribution is -0.0505. The monoisotopic (exact) mass is 664 g/mol. The topological polar surface area (TPSA) is 18.5 Å². The average Bonchev–Trinajstić information content (AvgIpc) is 3.09. The largest absolute Gasteiger partial charge is 0.435 e. The maximum absolute atomic E-state index is 12.2. The Morgan fingerprint density at radius 3 is 0.938 bits per heavy atom. The van der Waals surface area contributed by atoms with Crippen molar-refractivity contribution in [3.63, 3.8) is 0 Å². The van der Waals surface area contributed by atoms with E-state index >= 15 is 0 Å². The Hall–Kier alpha value is -3.80. The molecule has 0 aromatic heterocycles. The van der Waals surface area contributed by atoms with E-state index < -0.39 is 13.2 Å². The highest BCUT2D eigenvalue weighted by Crippen LogP contribution is 2.25. The highest BCUT2D eigenvalue weighted by Gasteiger charge is 2.06. The van der Waals surface area contributed by atoms with Crippen molar-refractivity contribution in [1.29, 1.82) is 0 Å². The first-order valence-corrected chi connectivity index (χ1v) is 17.7. The molecule has 0 aliphatic carbocycles. The number of hydrogen-bond donors (Lipinski definition) is 0. The Bertz CT molecular complexity index is 1370. The lowest BCUT2D eigenvalue weighted by Crippen LogP contribution is -2.01. The molecule has 0 fully saturated rings. The minimum Gasteiger partial charge on any atom is -0.435 e. The van der Waals surface area contributed by atoms with Gasteiger partial charge in [-0.15, -0.1) is 0 Å². The second kappa shape index (κ2) is 22.7. The van der Waals surface area contributed by atoms with Gasteiger partial charge in [-0.25, -0.2) is 0 Å². The summed E-state index contributed by atoms with van der Waals surface area (Å²) in [7, 11) is 0. The molecule has 4 aromatic rings. The van der Waals surface area contributed by atoms with E-state index in [1.54, 1.807) is 36.4 Å². The van der Waals surface area contributed by atoms with Gasteiger partial charge in [-0.2, -0.15) is 17.6 Å². The number of rotatable bonds is 20. The molecule has 4 aromatic carbocycles. The number of aryl methyl sites for hydroxylation is 2. The predicted octanol–water partition coefficient (Wildman–Crippen LogP) is 13.7. The van der Waals surface area contributed by atoms with Crippen LogP contribution in [-0.4, -0.2) is 13.2 Å². The van der Waals surface area contributed by atoms with Gasteiger partial charge in [0, 0.05) is 0 Å². The zero-order chi connectivity index (χ0) is 34.4. The molecule has 0 aliphatic rings. The molecule has 48 heavy (non-hydrogen) atoms. The first-order valence-electron chi connectivity index (χ1n) is 17.7. The lowest BCUT2D eigenvalue weighted by atomic mass is 10.0. The second-order valence-electron chi connectivity index (χ2n) is 12.2. The van der Waals surface area contributed by atoms with Crippen LogP contribution in [0.3, 0.4) is 0 Å². The van der Waals surface area contributed by atoms with Crippen LogP contribution in [0.25, 0.3) is 22.3 Å². The molecule has 0 atom stereocenters. The summed E-state index contributed by atoms with van der Waals surface area (Å²) in [5, 5.41) is 0. The molecule has 0 saturated carbocycles. The number of ether oxygens (including phenoxy) is 2. The molecule has 0 aliphatic heterocycles. The van der Waals surface area contributed by atoms with E-state index in [4.69, 9.17) is 0 Å². The normalized spacial score (nSPS) is 11.0. The number of hydrogen-bond acceptors (Lipinski definition) is 2. The summed E-state index contributed by atoms with van der Waals surface area (Å²) in [4.78, 5) is 0. The Morgan fingerprint density at radius 1 is 0.375 bits per heavy atom. The zero-order valence-corrected chi connectivity index (χ0v) is 28.6. The van der Waals surface area contributed by atoms with E-state index in [0.29, 0.717) is 0 Å². The summed E-state index contributed by atoms with van der Waals surface area (Å²) in [6.07, 6.45) is 17.9. The molecule has 4 rings (SSSR count). The fourth-order valence-electron chi connectivity index (χ4n) is 5.60. The minimum atomic E-state index is -2.78. The molecule has 0 bridgehead atoms. The number of benzene rings is 4. The summed E-state index contributed by atoms with van der Waals surface area (Å²) in [6.45, 7) is -1.09. The smallest absolute Gasteiger partial charge is 0.387 e. The quantitative estimate of drug-likeness (QED) is 0.0691. The first-order chi connectivity index (χ1) is 23.4. The minimum absolute atomic E-state index is 0.187. The number of alkyl halides is 4. The van der Waals surface area contributed by atoms with Crippen LogP contribution >= 0.6 is 0 Å². The molecule has 0 saturated heterocycles. The van der Waals surface area contributed by atoms with Crippen molar-refractivity contribution in [1.82, 2.24) is 0 Å². The molecule has 0 unspecified atom stereocenters. The van der Waals surface area contributed by atoms with Crippen molar-refractivity contribution in [3.8, 4) is 33.8 Å². The summed E-state index contributed by atoms with van der Waals surface area (Å²) in [5.41, 5.74) is 6.89. The molecule has 260 valence electrons. The van der Waals surface area contributed by atoms with Gasteiger partial charge >= 0.3 is 13.2 Å². The highest BCUT2D eigenvalue weighted by molar-refractivity contribution is 5.65. The Balaban J connectivity index is 0.000000261. The SMILES string of the molecule is CCCCCCCCCc1ccc(-c2ccc(OC(F)F)cc2)cc1.CCCCCCCc1ccc(-c2ccc(OC(F)F)cc2)cc1. The van der Waals surface area contributed by atoms with E-state index in [1.807, 2.05) is 12.1 Å². The van der Waals surface area contributed by atoms with Gasteiger partial charge in [0.05, 0.1) is 0 Å². The number of unbranched alkanes of at least 4 members (excludes halogenated alkanes) is 10. The van der Waals surface area contributed by atoms with Crippen LogP contribution < -0.4 is 9.47 Å². The van der Waals surface area contributed by atoms with Crippen molar-refractivity contribution in [2.24, 2.45) is 0 Å². The van der Waals surface area contributed by atoms with Crippen molar-refractivity contribution in [2.75, 3.05) is 0 Å². The van der Waals surface area contributed by atoms with Gasteiger partial charge in [0.1, 0.15) is 11.5 Å². The fourth-order valence-corrected chi connectivity index (χ4v) is 5.60. The van der Waals surface area contributed by atoms with Crippen LogP contribution in [-0.2, 0) is 12.8 Å². The molecule has 0 radical (unpaired) electrons. The molecule has 0 amide bonds. The van der Waals surface area contributed by atoms with Crippen LogP contribution in [0.15, 0.2) is 97.1 Å². The van der Waals surface area contributed by atoms with E-state index in [0.717, 1.165) is 35.1 Å². The van der Waals surface area contributed by atoms with E-state index in [-0.39, 0.29) is 11.5 Å². The van der Waals surface area contributed by atoms with Gasteiger partial charge in [0.15, 0.2) is 0 Å². The summed E-state index contributed by atoms with van der Waals surface area (Å²) >= 11 is 0. The highest BCUT2D eigenvalue weighted by atomic mass is 19.3. The molecule has 0 spiro atoms. The molecular formula is C42H52F4O2. The van der Waals surface area contributed by atoms with Gasteiger partial charge < -0.3 is 9.47 Å². The van der Waals surface area contributed by atoms with Crippen molar-refractivity contribution in [2.45, 2.75) is 117 Å². The van der Waals surface area contributed by atoms with Gasteiger partial charge in [0.2, 0.25) is 0 Å². The third-order valence-corrected chi connectivity index (χ3v) is 8.37. The van der Waals surface area contributed by atoms with Crippen molar-refractivity contribution < 1.29 is 27.0 Å². The Kier molecular flexibility index (Phi) is 18.3. The maximum Gasteiger partial charge on any atom is 0.387 e. The van der Waals surface area contributed by atoms with Gasteiger partial charge in [-0.05, 0) is 83.3 Å². The maximum atomic E-state index is 12.2. The molecule has 2 nitrogen and oxygen atoms in total. The second-order valence-corrected chi connectivity index (χ2v) is 12.2. The summed E-state index contributed by atoms with van der Waals surface area (Å²) in [5.74, 6) is 0.377. The summed E-state index contributed by atoms with van der Waals surface area (Å²) in [6, 6.07) is 30.5. The first kappa shape index (κ1) is 38.6. The fraction of sp³-hybridized carbons (Fsp3) is 0.429. The van der Waals surface area contributed by atoms with Crippen LogP contribution in [0.1, 0.15) is 102 Å². The zero-order valence-electron chi connectivity index (χ0n) is 28.6. The molecule has 0 N–H and O–H groups in total. The third kappa shape index (κ3) is 15.4. The van der Waals surface area contributed by atoms with Crippen LogP contribution in [0.5, 0.6) is 11.5 Å². The molecule has 6 heteroatoms. The van der Waals surface area contributed by atoms with Crippen molar-refractivity contribution >= 4 is 0 Å². The van der Waals surface area contributed by atoms with Crippen molar-refractivity contribution in [3.05, 3.63) is 108 Å².